The summed E-state index contributed by atoms with van der Waals surface area (Å²) in [5, 5.41) is 24.2. The molecule has 0 atom stereocenters. The number of hydrogen-bond donors (Lipinski definition) is 1. The Morgan fingerprint density at radius 2 is 1.78 bits per heavy atom. The van der Waals surface area contributed by atoms with Crippen LogP contribution in [0.15, 0.2) is 42.5 Å². The number of nitro benzene ring substituents is 2. The van der Waals surface area contributed by atoms with Crippen LogP contribution in [0.25, 0.3) is 0 Å². The molecule has 0 aliphatic carbocycles. The second-order valence-corrected chi connectivity index (χ2v) is 4.37. The summed E-state index contributed by atoms with van der Waals surface area (Å²) in [6.45, 7) is 0. The Morgan fingerprint density at radius 3 is 2.39 bits per heavy atom. The van der Waals surface area contributed by atoms with E-state index in [0.717, 1.165) is 18.2 Å². The number of methoxy groups -OCH3 is 1. The van der Waals surface area contributed by atoms with Gasteiger partial charge in [0.25, 0.3) is 17.3 Å². The van der Waals surface area contributed by atoms with Gasteiger partial charge < -0.3 is 10.1 Å². The molecule has 1 amide bonds. The molecule has 0 aliphatic rings. The number of carbonyl (C=O) groups is 1. The summed E-state index contributed by atoms with van der Waals surface area (Å²) < 4.78 is 5.07. The van der Waals surface area contributed by atoms with Gasteiger partial charge in [-0.25, -0.2) is 0 Å². The van der Waals surface area contributed by atoms with E-state index in [1.54, 1.807) is 24.3 Å². The predicted molar refractivity (Wildman–Crippen MR) is 80.7 cm³/mol. The van der Waals surface area contributed by atoms with Crippen molar-refractivity contribution in [2.24, 2.45) is 0 Å². The topological polar surface area (TPSA) is 125 Å². The van der Waals surface area contributed by atoms with Gasteiger partial charge in [0, 0.05) is 6.07 Å². The molecule has 2 rings (SSSR count). The van der Waals surface area contributed by atoms with Crippen molar-refractivity contribution in [1.29, 1.82) is 0 Å². The molecule has 0 heterocycles. The number of benzene rings is 2. The van der Waals surface area contributed by atoms with Crippen molar-refractivity contribution in [2.45, 2.75) is 0 Å². The SMILES string of the molecule is COc1ccccc1NC(=O)c1ccc([N+](=O)[O-])cc1[N+](=O)[O-]. The van der Waals surface area contributed by atoms with Gasteiger partial charge in [-0.2, -0.15) is 0 Å². The normalized spacial score (nSPS) is 9.96. The minimum Gasteiger partial charge on any atom is -0.495 e. The largest absolute Gasteiger partial charge is 0.495 e. The fourth-order valence-corrected chi connectivity index (χ4v) is 1.91. The Balaban J connectivity index is 2.39. The van der Waals surface area contributed by atoms with Crippen molar-refractivity contribution >= 4 is 23.0 Å². The van der Waals surface area contributed by atoms with Crippen molar-refractivity contribution in [3.63, 3.8) is 0 Å². The Hall–Kier alpha value is -3.49. The van der Waals surface area contributed by atoms with Gasteiger partial charge >= 0.3 is 0 Å². The van der Waals surface area contributed by atoms with Crippen LogP contribution < -0.4 is 10.1 Å². The van der Waals surface area contributed by atoms with Crippen LogP contribution in [-0.4, -0.2) is 22.9 Å². The molecule has 118 valence electrons. The molecule has 0 unspecified atom stereocenters. The molecule has 0 fully saturated rings. The average molecular weight is 317 g/mol. The number of para-hydroxylation sites is 2. The van der Waals surface area contributed by atoms with E-state index >= 15 is 0 Å². The molecule has 0 saturated heterocycles. The molecule has 0 aromatic heterocycles. The zero-order valence-corrected chi connectivity index (χ0v) is 11.9. The van der Waals surface area contributed by atoms with Crippen molar-refractivity contribution in [3.8, 4) is 5.75 Å². The van der Waals surface area contributed by atoms with Crippen molar-refractivity contribution < 1.29 is 19.4 Å². The van der Waals surface area contributed by atoms with Gasteiger partial charge in [-0.15, -0.1) is 0 Å². The number of carbonyl (C=O) groups excluding carboxylic acids is 1. The highest BCUT2D eigenvalue weighted by atomic mass is 16.6. The highest BCUT2D eigenvalue weighted by Crippen LogP contribution is 2.28. The fraction of sp³-hybridized carbons (Fsp3) is 0.0714. The monoisotopic (exact) mass is 317 g/mol. The molecular formula is C14H11N3O6. The summed E-state index contributed by atoms with van der Waals surface area (Å²) in [5.41, 5.74) is -1.07. The van der Waals surface area contributed by atoms with E-state index in [2.05, 4.69) is 5.32 Å². The lowest BCUT2D eigenvalue weighted by Crippen LogP contribution is -2.14. The Labute approximate surface area is 129 Å². The first-order valence-corrected chi connectivity index (χ1v) is 6.31. The molecule has 0 aliphatic heterocycles. The number of amides is 1. The van der Waals surface area contributed by atoms with E-state index < -0.39 is 27.1 Å². The molecule has 0 radical (unpaired) electrons. The molecule has 9 heteroatoms. The summed E-state index contributed by atoms with van der Waals surface area (Å²) >= 11 is 0. The number of anilines is 1. The van der Waals surface area contributed by atoms with E-state index in [0.29, 0.717) is 11.4 Å². The maximum absolute atomic E-state index is 12.2. The van der Waals surface area contributed by atoms with Crippen LogP contribution in [0.2, 0.25) is 0 Å². The van der Waals surface area contributed by atoms with Crippen LogP contribution in [0.3, 0.4) is 0 Å². The summed E-state index contributed by atoms with van der Waals surface area (Å²) in [6, 6.07) is 9.35. The first-order valence-electron chi connectivity index (χ1n) is 6.31. The molecule has 0 bridgehead atoms. The van der Waals surface area contributed by atoms with Crippen LogP contribution in [0.4, 0.5) is 17.1 Å². The molecule has 2 aromatic carbocycles. The molecule has 2 aromatic rings. The maximum Gasteiger partial charge on any atom is 0.289 e. The Bertz CT molecular complexity index is 790. The second kappa shape index (κ2) is 6.52. The first-order chi connectivity index (χ1) is 10.9. The number of non-ortho nitro benzene ring substituents is 1. The molecule has 1 N–H and O–H groups in total. The predicted octanol–water partition coefficient (Wildman–Crippen LogP) is 2.76. The number of hydrogen-bond acceptors (Lipinski definition) is 6. The van der Waals surface area contributed by atoms with Gasteiger partial charge in [-0.1, -0.05) is 12.1 Å². The number of rotatable bonds is 5. The third-order valence-corrected chi connectivity index (χ3v) is 2.99. The van der Waals surface area contributed by atoms with Crippen molar-refractivity contribution in [1.82, 2.24) is 0 Å². The highest BCUT2D eigenvalue weighted by molar-refractivity contribution is 6.07. The fourth-order valence-electron chi connectivity index (χ4n) is 1.91. The Kier molecular flexibility index (Phi) is 4.50. The van der Waals surface area contributed by atoms with Gasteiger partial charge in [-0.3, -0.25) is 25.0 Å². The van der Waals surface area contributed by atoms with Crippen LogP contribution >= 0.6 is 0 Å². The number of nitro groups is 2. The minimum absolute atomic E-state index is 0.286. The van der Waals surface area contributed by atoms with Crippen LogP contribution in [0.5, 0.6) is 5.75 Å². The zero-order valence-electron chi connectivity index (χ0n) is 11.9. The minimum atomic E-state index is -0.843. The van der Waals surface area contributed by atoms with E-state index in [1.807, 2.05) is 0 Å². The molecule has 0 spiro atoms. The van der Waals surface area contributed by atoms with Gasteiger partial charge in [0.1, 0.15) is 11.3 Å². The maximum atomic E-state index is 12.2. The summed E-state index contributed by atoms with van der Waals surface area (Å²) in [6.07, 6.45) is 0. The van der Waals surface area contributed by atoms with Crippen LogP contribution in [-0.2, 0) is 0 Å². The smallest absolute Gasteiger partial charge is 0.289 e. The summed E-state index contributed by atoms with van der Waals surface area (Å²) in [5.74, 6) is -0.387. The van der Waals surface area contributed by atoms with E-state index in [-0.39, 0.29) is 5.56 Å². The van der Waals surface area contributed by atoms with E-state index in [9.17, 15) is 25.0 Å². The third kappa shape index (κ3) is 3.40. The number of nitrogens with zero attached hydrogens (tertiary/aromatic N) is 2. The molecule has 23 heavy (non-hydrogen) atoms. The third-order valence-electron chi connectivity index (χ3n) is 2.99. The van der Waals surface area contributed by atoms with Gasteiger partial charge in [0.05, 0.1) is 28.7 Å². The Morgan fingerprint density at radius 1 is 1.09 bits per heavy atom. The molecule has 0 saturated carbocycles. The van der Waals surface area contributed by atoms with E-state index in [4.69, 9.17) is 4.74 Å². The quantitative estimate of drug-likeness (QED) is 0.667. The van der Waals surface area contributed by atoms with Crippen molar-refractivity contribution in [2.75, 3.05) is 12.4 Å². The van der Waals surface area contributed by atoms with Crippen LogP contribution in [0, 0.1) is 20.2 Å². The highest BCUT2D eigenvalue weighted by Gasteiger charge is 2.24. The standard InChI is InChI=1S/C14H11N3O6/c1-23-13-5-3-2-4-11(13)15-14(18)10-7-6-9(16(19)20)8-12(10)17(21)22/h2-8H,1H3,(H,15,18). The zero-order chi connectivity index (χ0) is 17.0. The van der Waals surface area contributed by atoms with Crippen LogP contribution in [0.1, 0.15) is 10.4 Å². The number of ether oxygens (including phenoxy) is 1. The average Bonchev–Trinajstić information content (AvgIpc) is 2.54. The lowest BCUT2D eigenvalue weighted by Gasteiger charge is -2.09. The lowest BCUT2D eigenvalue weighted by molar-refractivity contribution is -0.394. The van der Waals surface area contributed by atoms with E-state index in [1.165, 1.54) is 7.11 Å². The first kappa shape index (κ1) is 15.9. The number of nitrogens with one attached hydrogen (secondary N) is 1. The molecule has 9 nitrogen and oxygen atoms in total. The summed E-state index contributed by atoms with van der Waals surface area (Å²) in [4.78, 5) is 32.4. The van der Waals surface area contributed by atoms with Gasteiger partial charge in [-0.05, 0) is 18.2 Å². The second-order valence-electron chi connectivity index (χ2n) is 4.37. The van der Waals surface area contributed by atoms with Gasteiger partial charge in [0.2, 0.25) is 0 Å². The lowest BCUT2D eigenvalue weighted by atomic mass is 10.1. The summed E-state index contributed by atoms with van der Waals surface area (Å²) in [7, 11) is 1.42. The molecular weight excluding hydrogens is 306 g/mol. The van der Waals surface area contributed by atoms with Crippen molar-refractivity contribution in [3.05, 3.63) is 68.3 Å². The van der Waals surface area contributed by atoms with Gasteiger partial charge in [0.15, 0.2) is 0 Å².